The van der Waals surface area contributed by atoms with Crippen molar-refractivity contribution in [3.8, 4) is 0 Å². The number of aliphatic hydroxyl groups is 1. The lowest BCUT2D eigenvalue weighted by atomic mass is 9.48. The van der Waals surface area contributed by atoms with Crippen LogP contribution < -0.4 is 0 Å². The Bertz CT molecular complexity index is 784. The molecular weight excluding hydrogens is 368 g/mol. The van der Waals surface area contributed by atoms with Gasteiger partial charge in [-0.15, -0.1) is 0 Å². The Morgan fingerprint density at radius 2 is 2.00 bits per heavy atom. The van der Waals surface area contributed by atoms with Gasteiger partial charge in [0.05, 0.1) is 0 Å². The van der Waals surface area contributed by atoms with Crippen LogP contribution in [0.25, 0.3) is 0 Å². The van der Waals surface area contributed by atoms with Gasteiger partial charge in [0, 0.05) is 31.1 Å². The minimum Gasteiger partial charge on any atom is -0.450 e. The average molecular weight is 403 g/mol. The van der Waals surface area contributed by atoms with Gasteiger partial charge in [-0.05, 0) is 55.3 Å². The van der Waals surface area contributed by atoms with Crippen LogP contribution in [-0.2, 0) is 19.1 Å². The number of allylic oxidation sites excluding steroid dienone is 2. The third-order valence-corrected chi connectivity index (χ3v) is 9.25. The van der Waals surface area contributed by atoms with Crippen LogP contribution in [-0.4, -0.2) is 34.9 Å². The quantitative estimate of drug-likeness (QED) is 0.576. The summed E-state index contributed by atoms with van der Waals surface area (Å²) in [6.07, 6.45) is 8.14. The molecule has 4 rings (SSSR count). The maximum absolute atomic E-state index is 13.0. The van der Waals surface area contributed by atoms with Crippen LogP contribution in [0.5, 0.6) is 0 Å². The van der Waals surface area contributed by atoms with Crippen molar-refractivity contribution in [2.24, 2.45) is 34.5 Å². The fraction of sp³-hybridized carbons (Fsp3) is 0.792. The van der Waals surface area contributed by atoms with E-state index in [1.54, 1.807) is 0 Å². The predicted molar refractivity (Wildman–Crippen MR) is 108 cm³/mol. The van der Waals surface area contributed by atoms with Crippen molar-refractivity contribution in [2.45, 2.75) is 78.2 Å². The van der Waals surface area contributed by atoms with E-state index in [1.807, 2.05) is 6.92 Å². The van der Waals surface area contributed by atoms with Crippen LogP contribution in [0.2, 0.25) is 0 Å². The minimum atomic E-state index is -1.26. The first-order valence-electron chi connectivity index (χ1n) is 11.2. The Balaban J connectivity index is 1.78. The summed E-state index contributed by atoms with van der Waals surface area (Å²) >= 11 is 0. The SMILES string of the molecule is CC(=O)O[C@@]1(C(=O)CO)[C@H](C)C[C@H]2[C@@H]3CC[C@H]4CC(=O)CC[C@]4(C)C3=CC[C@@]21C. The topological polar surface area (TPSA) is 80.7 Å². The Hall–Kier alpha value is -1.49. The first-order valence-corrected chi connectivity index (χ1v) is 11.2. The third-order valence-electron chi connectivity index (χ3n) is 9.25. The summed E-state index contributed by atoms with van der Waals surface area (Å²) in [4.78, 5) is 37.1. The summed E-state index contributed by atoms with van der Waals surface area (Å²) in [6.45, 7) is 7.16. The van der Waals surface area contributed by atoms with Crippen molar-refractivity contribution >= 4 is 17.5 Å². The lowest BCUT2D eigenvalue weighted by molar-refractivity contribution is -0.189. The highest BCUT2D eigenvalue weighted by Crippen LogP contribution is 2.68. The zero-order valence-corrected chi connectivity index (χ0v) is 18.1. The van der Waals surface area contributed by atoms with E-state index in [2.05, 4.69) is 19.9 Å². The van der Waals surface area contributed by atoms with Crippen molar-refractivity contribution in [1.82, 2.24) is 0 Å². The van der Waals surface area contributed by atoms with Gasteiger partial charge >= 0.3 is 5.97 Å². The molecule has 4 aliphatic rings. The number of carbonyl (C=O) groups is 3. The van der Waals surface area contributed by atoms with Crippen LogP contribution in [0.15, 0.2) is 11.6 Å². The Morgan fingerprint density at radius 1 is 1.28 bits per heavy atom. The summed E-state index contributed by atoms with van der Waals surface area (Å²) in [5.41, 5.74) is -0.235. The molecule has 3 saturated carbocycles. The summed E-state index contributed by atoms with van der Waals surface area (Å²) in [7, 11) is 0. The van der Waals surface area contributed by atoms with Gasteiger partial charge in [0.2, 0.25) is 5.78 Å². The van der Waals surface area contributed by atoms with Crippen molar-refractivity contribution < 1.29 is 24.2 Å². The standard InChI is InChI=1S/C24H34O5/c1-14-11-20-18-6-5-16-12-17(27)7-9-22(16,3)19(18)8-10-23(20,4)24(14,21(28)13-25)29-15(2)26/h8,14,16,18,20,25H,5-7,9-13H2,1-4H3/t14-,16+,18-,20+,22+,23+,24-/m1/s1. The lowest BCUT2D eigenvalue weighted by Gasteiger charge is -2.57. The molecule has 4 aliphatic carbocycles. The normalized spacial score (nSPS) is 46.2. The van der Waals surface area contributed by atoms with E-state index in [4.69, 9.17) is 4.74 Å². The highest BCUT2D eigenvalue weighted by atomic mass is 16.6. The van der Waals surface area contributed by atoms with Crippen LogP contribution in [0.3, 0.4) is 0 Å². The van der Waals surface area contributed by atoms with Crippen LogP contribution in [0.4, 0.5) is 0 Å². The highest BCUT2D eigenvalue weighted by molar-refractivity contribution is 5.92. The van der Waals surface area contributed by atoms with Gasteiger partial charge in [0.1, 0.15) is 12.4 Å². The number of Topliss-reactive ketones (excluding diaryl/α,β-unsaturated/α-hetero) is 2. The molecule has 0 saturated heterocycles. The highest BCUT2D eigenvalue weighted by Gasteiger charge is 2.70. The van der Waals surface area contributed by atoms with Gasteiger partial charge in [-0.1, -0.05) is 32.4 Å². The zero-order valence-electron chi connectivity index (χ0n) is 18.1. The average Bonchev–Trinajstić information content (AvgIpc) is 2.89. The largest absolute Gasteiger partial charge is 0.450 e. The maximum Gasteiger partial charge on any atom is 0.303 e. The monoisotopic (exact) mass is 402 g/mol. The van der Waals surface area contributed by atoms with E-state index < -0.39 is 23.6 Å². The molecule has 0 radical (unpaired) electrons. The third kappa shape index (κ3) is 2.65. The molecule has 0 aliphatic heterocycles. The zero-order chi connectivity index (χ0) is 21.2. The number of hydrogen-bond acceptors (Lipinski definition) is 5. The molecule has 0 aromatic heterocycles. The molecule has 5 nitrogen and oxygen atoms in total. The number of ketones is 2. The maximum atomic E-state index is 13.0. The fourth-order valence-corrected chi connectivity index (χ4v) is 7.86. The first-order chi connectivity index (χ1) is 13.6. The minimum absolute atomic E-state index is 0.0645. The van der Waals surface area contributed by atoms with Crippen molar-refractivity contribution in [3.63, 3.8) is 0 Å². The number of hydrogen-bond donors (Lipinski definition) is 1. The second kappa shape index (κ2) is 6.76. The fourth-order valence-electron chi connectivity index (χ4n) is 7.86. The van der Waals surface area contributed by atoms with Crippen molar-refractivity contribution in [2.75, 3.05) is 6.61 Å². The molecule has 0 amide bonds. The van der Waals surface area contributed by atoms with Gasteiger partial charge < -0.3 is 9.84 Å². The number of aliphatic hydroxyl groups excluding tert-OH is 1. The summed E-state index contributed by atoms with van der Waals surface area (Å²) in [5, 5.41) is 9.76. The molecule has 0 spiro atoms. The molecule has 0 bridgehead atoms. The number of ether oxygens (including phenoxy) is 1. The second-order valence-electron chi connectivity index (χ2n) is 10.5. The van der Waals surface area contributed by atoms with E-state index in [0.717, 1.165) is 25.7 Å². The van der Waals surface area contributed by atoms with E-state index in [1.165, 1.54) is 12.5 Å². The number of rotatable bonds is 3. The smallest absolute Gasteiger partial charge is 0.303 e. The Kier molecular flexibility index (Phi) is 4.84. The Labute approximate surface area is 173 Å². The molecule has 7 atom stereocenters. The van der Waals surface area contributed by atoms with Gasteiger partial charge in [-0.2, -0.15) is 0 Å². The summed E-state index contributed by atoms with van der Waals surface area (Å²) in [6, 6.07) is 0. The molecule has 29 heavy (non-hydrogen) atoms. The van der Waals surface area contributed by atoms with E-state index in [9.17, 15) is 19.5 Å². The Morgan fingerprint density at radius 3 is 2.66 bits per heavy atom. The number of esters is 1. The van der Waals surface area contributed by atoms with Crippen LogP contribution in [0, 0.1) is 34.5 Å². The van der Waals surface area contributed by atoms with E-state index >= 15 is 0 Å². The number of fused-ring (bicyclic) bond motifs is 5. The molecule has 0 unspecified atom stereocenters. The van der Waals surface area contributed by atoms with Gasteiger partial charge in [0.25, 0.3) is 0 Å². The molecule has 160 valence electrons. The van der Waals surface area contributed by atoms with Gasteiger partial charge in [-0.25, -0.2) is 0 Å². The molecule has 5 heteroatoms. The van der Waals surface area contributed by atoms with Crippen molar-refractivity contribution in [1.29, 1.82) is 0 Å². The van der Waals surface area contributed by atoms with Crippen LogP contribution in [0.1, 0.15) is 72.6 Å². The molecule has 0 aromatic carbocycles. The summed E-state index contributed by atoms with van der Waals surface area (Å²) < 4.78 is 5.84. The molecule has 0 aromatic rings. The van der Waals surface area contributed by atoms with E-state index in [-0.39, 0.29) is 23.0 Å². The van der Waals surface area contributed by atoms with E-state index in [0.29, 0.717) is 36.9 Å². The first kappa shape index (κ1) is 20.8. The number of carbonyl (C=O) groups excluding carboxylic acids is 3. The molecular formula is C24H34O5. The molecule has 0 heterocycles. The molecule has 1 N–H and O–H groups in total. The lowest BCUT2D eigenvalue weighted by Crippen LogP contribution is -2.60. The molecule has 3 fully saturated rings. The van der Waals surface area contributed by atoms with Crippen LogP contribution >= 0.6 is 0 Å². The van der Waals surface area contributed by atoms with Crippen molar-refractivity contribution in [3.05, 3.63) is 11.6 Å². The summed E-state index contributed by atoms with van der Waals surface area (Å²) in [5.74, 6) is 0.447. The predicted octanol–water partition coefficient (Wildman–Crippen LogP) is 3.63. The van der Waals surface area contributed by atoms with Gasteiger partial charge in [-0.3, -0.25) is 14.4 Å². The second-order valence-corrected chi connectivity index (χ2v) is 10.5. The van der Waals surface area contributed by atoms with Gasteiger partial charge in [0.15, 0.2) is 5.60 Å².